The number of hydrogen-bond donors (Lipinski definition) is 3. The minimum Gasteiger partial charge on any atom is -0.338 e. The number of amides is 3. The van der Waals surface area contributed by atoms with E-state index < -0.39 is 6.03 Å². The fraction of sp³-hybridized carbons (Fsp3) is 0.818. The van der Waals surface area contributed by atoms with Gasteiger partial charge < -0.3 is 10.6 Å². The van der Waals surface area contributed by atoms with Gasteiger partial charge in [0.15, 0.2) is 0 Å². The zero-order valence-corrected chi connectivity index (χ0v) is 10.6. The van der Waals surface area contributed by atoms with Gasteiger partial charge in [0, 0.05) is 32.2 Å². The molecule has 1 saturated heterocycles. The first-order chi connectivity index (χ1) is 8.13. The number of imide groups is 1. The highest BCUT2D eigenvalue weighted by Gasteiger charge is 2.20. The molecular weight excluding hydrogens is 220 g/mol. The number of carbonyl (C=O) groups excluding carboxylic acids is 2. The molecule has 98 valence electrons. The van der Waals surface area contributed by atoms with Crippen molar-refractivity contribution >= 4 is 11.9 Å². The second-order valence-corrected chi connectivity index (χ2v) is 4.33. The van der Waals surface area contributed by atoms with Gasteiger partial charge in [0.1, 0.15) is 0 Å². The van der Waals surface area contributed by atoms with Crippen molar-refractivity contribution in [2.75, 3.05) is 32.7 Å². The van der Waals surface area contributed by atoms with E-state index in [0.717, 1.165) is 26.1 Å². The van der Waals surface area contributed by atoms with Crippen LogP contribution in [-0.4, -0.2) is 55.6 Å². The SMILES string of the molecule is CCCNC(=O)NC(=O)CN1CCNC[C@@H]1C. The first-order valence-corrected chi connectivity index (χ1v) is 6.16. The molecule has 1 aliphatic rings. The lowest BCUT2D eigenvalue weighted by Crippen LogP contribution is -2.53. The van der Waals surface area contributed by atoms with Crippen LogP contribution in [0, 0.1) is 0 Å². The van der Waals surface area contributed by atoms with Gasteiger partial charge in [-0.2, -0.15) is 0 Å². The first kappa shape index (κ1) is 13.9. The Morgan fingerprint density at radius 3 is 2.88 bits per heavy atom. The Morgan fingerprint density at radius 2 is 2.24 bits per heavy atom. The number of nitrogens with one attached hydrogen (secondary N) is 3. The Morgan fingerprint density at radius 1 is 1.47 bits per heavy atom. The molecule has 1 atom stereocenters. The van der Waals surface area contributed by atoms with Crippen molar-refractivity contribution in [1.82, 2.24) is 20.9 Å². The summed E-state index contributed by atoms with van der Waals surface area (Å²) in [5.74, 6) is -0.243. The quantitative estimate of drug-likeness (QED) is 0.622. The summed E-state index contributed by atoms with van der Waals surface area (Å²) in [4.78, 5) is 24.9. The molecule has 1 aliphatic heterocycles. The summed E-state index contributed by atoms with van der Waals surface area (Å²) in [5.41, 5.74) is 0. The van der Waals surface area contributed by atoms with E-state index in [2.05, 4.69) is 27.8 Å². The number of hydrogen-bond acceptors (Lipinski definition) is 4. The Kier molecular flexibility index (Phi) is 5.93. The van der Waals surface area contributed by atoms with E-state index in [1.165, 1.54) is 0 Å². The highest BCUT2D eigenvalue weighted by molar-refractivity contribution is 5.95. The first-order valence-electron chi connectivity index (χ1n) is 6.16. The maximum atomic E-state index is 11.6. The molecular formula is C11H22N4O2. The van der Waals surface area contributed by atoms with Gasteiger partial charge in [-0.25, -0.2) is 4.79 Å². The molecule has 1 heterocycles. The zero-order chi connectivity index (χ0) is 12.7. The number of nitrogens with zero attached hydrogens (tertiary/aromatic N) is 1. The molecule has 0 aliphatic carbocycles. The Bertz CT molecular complexity index is 270. The van der Waals surface area contributed by atoms with Crippen LogP contribution in [0.2, 0.25) is 0 Å². The summed E-state index contributed by atoms with van der Waals surface area (Å²) in [6, 6.07) is -0.0761. The third-order valence-corrected chi connectivity index (χ3v) is 2.77. The molecule has 0 saturated carbocycles. The maximum Gasteiger partial charge on any atom is 0.321 e. The van der Waals surface area contributed by atoms with Gasteiger partial charge in [-0.15, -0.1) is 0 Å². The van der Waals surface area contributed by atoms with E-state index in [-0.39, 0.29) is 12.5 Å². The summed E-state index contributed by atoms with van der Waals surface area (Å²) >= 11 is 0. The number of carbonyl (C=O) groups is 2. The van der Waals surface area contributed by atoms with Crippen LogP contribution in [-0.2, 0) is 4.79 Å². The molecule has 0 radical (unpaired) electrons. The average molecular weight is 242 g/mol. The molecule has 0 unspecified atom stereocenters. The summed E-state index contributed by atoms with van der Waals surface area (Å²) in [5, 5.41) is 8.20. The van der Waals surface area contributed by atoms with E-state index in [1.54, 1.807) is 0 Å². The Hall–Kier alpha value is -1.14. The predicted octanol–water partition coefficient (Wildman–Crippen LogP) is -0.484. The van der Waals surface area contributed by atoms with Crippen LogP contribution in [0.5, 0.6) is 0 Å². The fourth-order valence-corrected chi connectivity index (χ4v) is 1.75. The zero-order valence-electron chi connectivity index (χ0n) is 10.6. The van der Waals surface area contributed by atoms with Crippen molar-refractivity contribution < 1.29 is 9.59 Å². The molecule has 0 aromatic heterocycles. The van der Waals surface area contributed by atoms with Gasteiger partial charge in [-0.3, -0.25) is 15.0 Å². The number of urea groups is 1. The van der Waals surface area contributed by atoms with Crippen molar-refractivity contribution in [3.05, 3.63) is 0 Å². The van der Waals surface area contributed by atoms with Crippen LogP contribution in [0.3, 0.4) is 0 Å². The molecule has 0 spiro atoms. The molecule has 6 nitrogen and oxygen atoms in total. The highest BCUT2D eigenvalue weighted by Crippen LogP contribution is 2.00. The molecule has 3 amide bonds. The number of rotatable bonds is 4. The summed E-state index contributed by atoms with van der Waals surface area (Å²) in [6.45, 7) is 7.51. The van der Waals surface area contributed by atoms with Gasteiger partial charge in [0.25, 0.3) is 0 Å². The minimum atomic E-state index is -0.403. The van der Waals surface area contributed by atoms with Crippen molar-refractivity contribution in [1.29, 1.82) is 0 Å². The minimum absolute atomic E-state index is 0.243. The molecule has 17 heavy (non-hydrogen) atoms. The van der Waals surface area contributed by atoms with Crippen LogP contribution >= 0.6 is 0 Å². The third-order valence-electron chi connectivity index (χ3n) is 2.77. The van der Waals surface area contributed by atoms with Gasteiger partial charge in [0.2, 0.25) is 5.91 Å². The predicted molar refractivity (Wildman–Crippen MR) is 65.7 cm³/mol. The molecule has 0 bridgehead atoms. The normalized spacial score (nSPS) is 20.9. The lowest BCUT2D eigenvalue weighted by Gasteiger charge is -2.33. The molecule has 1 rings (SSSR count). The lowest BCUT2D eigenvalue weighted by molar-refractivity contribution is -0.121. The summed E-state index contributed by atoms with van der Waals surface area (Å²) in [7, 11) is 0. The second kappa shape index (κ2) is 7.24. The highest BCUT2D eigenvalue weighted by atomic mass is 16.2. The Labute approximate surface area is 102 Å². The van der Waals surface area contributed by atoms with E-state index in [4.69, 9.17) is 0 Å². The monoisotopic (exact) mass is 242 g/mol. The van der Waals surface area contributed by atoms with Crippen molar-refractivity contribution in [2.24, 2.45) is 0 Å². The van der Waals surface area contributed by atoms with Crippen LogP contribution < -0.4 is 16.0 Å². The summed E-state index contributed by atoms with van der Waals surface area (Å²) in [6.07, 6.45) is 0.858. The maximum absolute atomic E-state index is 11.6. The number of piperazine rings is 1. The molecule has 1 fully saturated rings. The van der Waals surface area contributed by atoms with Gasteiger partial charge >= 0.3 is 6.03 Å². The van der Waals surface area contributed by atoms with E-state index in [9.17, 15) is 9.59 Å². The lowest BCUT2D eigenvalue weighted by atomic mass is 10.2. The van der Waals surface area contributed by atoms with Crippen molar-refractivity contribution in [3.63, 3.8) is 0 Å². The van der Waals surface area contributed by atoms with Crippen molar-refractivity contribution in [2.45, 2.75) is 26.3 Å². The smallest absolute Gasteiger partial charge is 0.321 e. The van der Waals surface area contributed by atoms with Crippen LogP contribution in [0.1, 0.15) is 20.3 Å². The second-order valence-electron chi connectivity index (χ2n) is 4.33. The van der Waals surface area contributed by atoms with Crippen LogP contribution in [0.25, 0.3) is 0 Å². The topological polar surface area (TPSA) is 73.5 Å². The molecule has 6 heteroatoms. The average Bonchev–Trinajstić information content (AvgIpc) is 2.29. The van der Waals surface area contributed by atoms with Crippen LogP contribution in [0.15, 0.2) is 0 Å². The third kappa shape index (κ3) is 5.14. The standard InChI is InChI=1S/C11H22N4O2/c1-3-4-13-11(17)14-10(16)8-15-6-5-12-7-9(15)2/h9,12H,3-8H2,1-2H3,(H2,13,14,16,17)/t9-/m0/s1. The fourth-order valence-electron chi connectivity index (χ4n) is 1.75. The summed E-state index contributed by atoms with van der Waals surface area (Å²) < 4.78 is 0. The molecule has 3 N–H and O–H groups in total. The van der Waals surface area contributed by atoms with E-state index in [1.807, 2.05) is 6.92 Å². The molecule has 0 aromatic rings. The van der Waals surface area contributed by atoms with Gasteiger partial charge in [-0.1, -0.05) is 6.92 Å². The van der Waals surface area contributed by atoms with Crippen LogP contribution in [0.4, 0.5) is 4.79 Å². The van der Waals surface area contributed by atoms with E-state index in [0.29, 0.717) is 12.6 Å². The van der Waals surface area contributed by atoms with Gasteiger partial charge in [-0.05, 0) is 13.3 Å². The largest absolute Gasteiger partial charge is 0.338 e. The Balaban J connectivity index is 2.26. The molecule has 0 aromatic carbocycles. The van der Waals surface area contributed by atoms with Gasteiger partial charge in [0.05, 0.1) is 6.54 Å². The van der Waals surface area contributed by atoms with E-state index >= 15 is 0 Å². The van der Waals surface area contributed by atoms with Crippen molar-refractivity contribution in [3.8, 4) is 0 Å².